The van der Waals surface area contributed by atoms with Gasteiger partial charge >= 0.3 is 0 Å². The lowest BCUT2D eigenvalue weighted by Crippen LogP contribution is -2.13. The lowest BCUT2D eigenvalue weighted by Gasteiger charge is -2.04. The van der Waals surface area contributed by atoms with E-state index in [1.54, 1.807) is 6.20 Å². The molecule has 0 aliphatic heterocycles. The molecule has 0 aromatic carbocycles. The number of carbonyl (C=O) groups is 1. The van der Waals surface area contributed by atoms with Crippen molar-refractivity contribution in [2.24, 2.45) is 11.3 Å². The normalized spacial score (nSPS) is 23.5. The van der Waals surface area contributed by atoms with Crippen molar-refractivity contribution >= 4 is 5.78 Å². The minimum absolute atomic E-state index is 0.190. The Balaban J connectivity index is 2.20. The minimum atomic E-state index is 0.190. The lowest BCUT2D eigenvalue weighted by molar-refractivity contribution is 0.0938. The van der Waals surface area contributed by atoms with E-state index in [1.807, 2.05) is 17.7 Å². The third kappa shape index (κ3) is 1.37. The molecule has 76 valence electrons. The summed E-state index contributed by atoms with van der Waals surface area (Å²) < 4.78 is 1.91. The Morgan fingerprint density at radius 3 is 2.86 bits per heavy atom. The first-order valence-electron chi connectivity index (χ1n) is 5.11. The SMILES string of the molecule is CCn1ccnc1C(=O)C1CC1(C)C. The third-order valence-electron chi connectivity index (χ3n) is 3.11. The van der Waals surface area contributed by atoms with Crippen LogP contribution in [0.2, 0.25) is 0 Å². The highest BCUT2D eigenvalue weighted by Gasteiger charge is 2.51. The summed E-state index contributed by atoms with van der Waals surface area (Å²) in [7, 11) is 0. The lowest BCUT2D eigenvalue weighted by atomic mass is 10.1. The van der Waals surface area contributed by atoms with Crippen molar-refractivity contribution in [1.29, 1.82) is 0 Å². The van der Waals surface area contributed by atoms with Crippen LogP contribution in [0.1, 0.15) is 37.8 Å². The molecule has 3 nitrogen and oxygen atoms in total. The number of nitrogens with zero attached hydrogens (tertiary/aromatic N) is 2. The summed E-state index contributed by atoms with van der Waals surface area (Å²) in [5.41, 5.74) is 0.196. The Labute approximate surface area is 84.1 Å². The van der Waals surface area contributed by atoms with Crippen LogP contribution in [0.15, 0.2) is 12.4 Å². The average molecular weight is 192 g/mol. The van der Waals surface area contributed by atoms with Crippen LogP contribution in [-0.4, -0.2) is 15.3 Å². The van der Waals surface area contributed by atoms with Gasteiger partial charge in [0.2, 0.25) is 5.78 Å². The maximum atomic E-state index is 12.0. The number of Topliss-reactive ketones (excluding diaryl/α,β-unsaturated/α-hetero) is 1. The number of carbonyl (C=O) groups excluding carboxylic acids is 1. The molecule has 1 heterocycles. The van der Waals surface area contributed by atoms with Crippen LogP contribution < -0.4 is 0 Å². The van der Waals surface area contributed by atoms with Gasteiger partial charge in [-0.1, -0.05) is 13.8 Å². The Morgan fingerprint density at radius 2 is 2.36 bits per heavy atom. The van der Waals surface area contributed by atoms with Crippen molar-refractivity contribution < 1.29 is 4.79 Å². The Hall–Kier alpha value is -1.12. The molecular weight excluding hydrogens is 176 g/mol. The molecule has 14 heavy (non-hydrogen) atoms. The highest BCUT2D eigenvalue weighted by molar-refractivity contribution is 5.97. The van der Waals surface area contributed by atoms with Gasteiger partial charge in [0, 0.05) is 24.9 Å². The van der Waals surface area contributed by atoms with Crippen molar-refractivity contribution in [1.82, 2.24) is 9.55 Å². The highest BCUT2D eigenvalue weighted by atomic mass is 16.1. The van der Waals surface area contributed by atoms with Crippen molar-refractivity contribution in [3.05, 3.63) is 18.2 Å². The van der Waals surface area contributed by atoms with E-state index in [1.165, 1.54) is 0 Å². The number of ketones is 1. The molecule has 1 aromatic rings. The predicted molar refractivity (Wildman–Crippen MR) is 54.1 cm³/mol. The van der Waals surface area contributed by atoms with Gasteiger partial charge in [-0.05, 0) is 18.8 Å². The molecule has 0 N–H and O–H groups in total. The second-order valence-electron chi connectivity index (χ2n) is 4.65. The van der Waals surface area contributed by atoms with E-state index in [0.29, 0.717) is 5.82 Å². The molecule has 0 bridgehead atoms. The summed E-state index contributed by atoms with van der Waals surface area (Å²) in [6, 6.07) is 0. The molecule has 0 radical (unpaired) electrons. The van der Waals surface area contributed by atoms with Crippen molar-refractivity contribution in [3.8, 4) is 0 Å². The predicted octanol–water partition coefficient (Wildman–Crippen LogP) is 2.13. The first-order chi connectivity index (χ1) is 6.56. The Morgan fingerprint density at radius 1 is 1.71 bits per heavy atom. The summed E-state index contributed by atoms with van der Waals surface area (Å²) >= 11 is 0. The fourth-order valence-electron chi connectivity index (χ4n) is 1.86. The second kappa shape index (κ2) is 2.94. The van der Waals surface area contributed by atoms with Crippen LogP contribution in [0.3, 0.4) is 0 Å². The van der Waals surface area contributed by atoms with Crippen LogP contribution >= 0.6 is 0 Å². The number of hydrogen-bond acceptors (Lipinski definition) is 2. The molecule has 0 amide bonds. The van der Waals surface area contributed by atoms with E-state index in [2.05, 4.69) is 18.8 Å². The summed E-state index contributed by atoms with van der Waals surface area (Å²) in [5, 5.41) is 0. The Kier molecular flexibility index (Phi) is 1.98. The van der Waals surface area contributed by atoms with E-state index in [9.17, 15) is 4.79 Å². The van der Waals surface area contributed by atoms with Crippen molar-refractivity contribution in [3.63, 3.8) is 0 Å². The topological polar surface area (TPSA) is 34.9 Å². The fourth-order valence-corrected chi connectivity index (χ4v) is 1.86. The molecule has 1 unspecified atom stereocenters. The van der Waals surface area contributed by atoms with Crippen molar-refractivity contribution in [2.75, 3.05) is 0 Å². The molecule has 1 aliphatic rings. The smallest absolute Gasteiger partial charge is 0.201 e. The molecule has 1 saturated carbocycles. The van der Waals surface area contributed by atoms with Gasteiger partial charge in [-0.3, -0.25) is 4.79 Å². The molecule has 0 spiro atoms. The van der Waals surface area contributed by atoms with Crippen molar-refractivity contribution in [2.45, 2.75) is 33.7 Å². The zero-order valence-electron chi connectivity index (χ0n) is 8.95. The summed E-state index contributed by atoms with van der Waals surface area (Å²) in [5.74, 6) is 1.03. The summed E-state index contributed by atoms with van der Waals surface area (Å²) in [6.07, 6.45) is 4.57. The van der Waals surface area contributed by atoms with Crippen LogP contribution in [-0.2, 0) is 6.54 Å². The fraction of sp³-hybridized carbons (Fsp3) is 0.636. The van der Waals surface area contributed by atoms with Crippen LogP contribution in [0, 0.1) is 11.3 Å². The summed E-state index contributed by atoms with van der Waals surface area (Å²) in [6.45, 7) is 7.11. The highest BCUT2D eigenvalue weighted by Crippen LogP contribution is 2.52. The van der Waals surface area contributed by atoms with Gasteiger partial charge in [-0.2, -0.15) is 0 Å². The molecule has 0 saturated heterocycles. The largest absolute Gasteiger partial charge is 0.329 e. The quantitative estimate of drug-likeness (QED) is 0.688. The van der Waals surface area contributed by atoms with Crippen LogP contribution in [0.5, 0.6) is 0 Å². The first-order valence-corrected chi connectivity index (χ1v) is 5.11. The standard InChI is InChI=1S/C11H16N2O/c1-4-13-6-5-12-10(13)9(14)8-7-11(8,2)3/h5-6,8H,4,7H2,1-3H3. The van der Waals surface area contributed by atoms with E-state index < -0.39 is 0 Å². The maximum Gasteiger partial charge on any atom is 0.201 e. The second-order valence-corrected chi connectivity index (χ2v) is 4.65. The van der Waals surface area contributed by atoms with Gasteiger partial charge < -0.3 is 4.57 Å². The van der Waals surface area contributed by atoms with E-state index in [-0.39, 0.29) is 17.1 Å². The molecule has 2 rings (SSSR count). The van der Waals surface area contributed by atoms with E-state index in [4.69, 9.17) is 0 Å². The van der Waals surface area contributed by atoms with Crippen LogP contribution in [0.4, 0.5) is 0 Å². The Bertz CT molecular complexity index is 365. The van der Waals surface area contributed by atoms with Gasteiger partial charge in [-0.15, -0.1) is 0 Å². The molecule has 1 aliphatic carbocycles. The summed E-state index contributed by atoms with van der Waals surface area (Å²) in [4.78, 5) is 16.1. The monoisotopic (exact) mass is 192 g/mol. The molecule has 1 fully saturated rings. The minimum Gasteiger partial charge on any atom is -0.329 e. The number of hydrogen-bond donors (Lipinski definition) is 0. The van der Waals surface area contributed by atoms with Gasteiger partial charge in [-0.25, -0.2) is 4.98 Å². The number of aryl methyl sites for hydroxylation is 1. The molecule has 3 heteroatoms. The van der Waals surface area contributed by atoms with Gasteiger partial charge in [0.05, 0.1) is 0 Å². The first kappa shape index (κ1) is 9.44. The van der Waals surface area contributed by atoms with Crippen LogP contribution in [0.25, 0.3) is 0 Å². The molecular formula is C11H16N2O. The van der Waals surface area contributed by atoms with E-state index in [0.717, 1.165) is 13.0 Å². The average Bonchev–Trinajstić information content (AvgIpc) is 2.64. The number of imidazole rings is 1. The zero-order valence-corrected chi connectivity index (χ0v) is 8.95. The van der Waals surface area contributed by atoms with Gasteiger partial charge in [0.15, 0.2) is 5.82 Å². The van der Waals surface area contributed by atoms with E-state index >= 15 is 0 Å². The van der Waals surface area contributed by atoms with Gasteiger partial charge in [0.25, 0.3) is 0 Å². The maximum absolute atomic E-state index is 12.0. The number of aromatic nitrogens is 2. The molecule has 1 aromatic heterocycles. The molecule has 1 atom stereocenters. The number of rotatable bonds is 3. The zero-order chi connectivity index (χ0) is 10.3. The van der Waals surface area contributed by atoms with Gasteiger partial charge in [0.1, 0.15) is 0 Å². The third-order valence-corrected chi connectivity index (χ3v) is 3.11.